The Morgan fingerprint density at radius 2 is 1.74 bits per heavy atom. The number of carboxylic acid groups (broad SMARTS) is 1. The van der Waals surface area contributed by atoms with E-state index in [9.17, 15) is 28.7 Å². The number of aliphatic carboxylic acids is 1. The van der Waals surface area contributed by atoms with Crippen molar-refractivity contribution in [3.05, 3.63) is 65.5 Å². The van der Waals surface area contributed by atoms with Gasteiger partial charge in [-0.25, -0.2) is 4.39 Å². The predicted octanol–water partition coefficient (Wildman–Crippen LogP) is 2.64. The number of hydrogen-bond donors (Lipinski definition) is 2. The summed E-state index contributed by atoms with van der Waals surface area (Å²) in [5, 5.41) is 12.1. The highest BCUT2D eigenvalue weighted by atomic mass is 19.1. The van der Waals surface area contributed by atoms with Crippen molar-refractivity contribution in [2.45, 2.75) is 45.2 Å². The van der Waals surface area contributed by atoms with E-state index in [0.29, 0.717) is 18.4 Å². The molecule has 2 aliphatic rings. The minimum absolute atomic E-state index is 0.145. The molecule has 0 aliphatic carbocycles. The van der Waals surface area contributed by atoms with Crippen LogP contribution >= 0.6 is 0 Å². The molecule has 2 aliphatic heterocycles. The van der Waals surface area contributed by atoms with Crippen LogP contribution in [0.3, 0.4) is 0 Å². The summed E-state index contributed by atoms with van der Waals surface area (Å²) in [5.41, 5.74) is 0.604. The van der Waals surface area contributed by atoms with E-state index in [1.54, 1.807) is 17.9 Å². The number of likely N-dealkylation sites (tertiary alicyclic amines) is 1. The summed E-state index contributed by atoms with van der Waals surface area (Å²) in [5.74, 6) is -2.89. The maximum atomic E-state index is 13.8. The maximum absolute atomic E-state index is 13.8. The number of nitrogens with zero attached hydrogens (tertiary/aromatic N) is 3. The molecule has 2 aromatic carbocycles. The van der Waals surface area contributed by atoms with Crippen LogP contribution in [-0.2, 0) is 14.4 Å². The number of nitrogens with one attached hydrogen (secondary N) is 1. The van der Waals surface area contributed by atoms with Gasteiger partial charge in [0.2, 0.25) is 5.91 Å². The highest BCUT2D eigenvalue weighted by Crippen LogP contribution is 2.39. The lowest BCUT2D eigenvalue weighted by atomic mass is 9.85. The number of anilines is 1. The molecule has 0 bridgehead atoms. The van der Waals surface area contributed by atoms with Crippen molar-refractivity contribution < 1.29 is 28.7 Å². The van der Waals surface area contributed by atoms with Gasteiger partial charge in [0.05, 0.1) is 6.67 Å². The van der Waals surface area contributed by atoms with Gasteiger partial charge in [-0.05, 0) is 61.6 Å². The Labute approximate surface area is 221 Å². The third kappa shape index (κ3) is 5.34. The largest absolute Gasteiger partial charge is 0.480 e. The van der Waals surface area contributed by atoms with Crippen LogP contribution in [0, 0.1) is 18.7 Å². The minimum atomic E-state index is -1.08. The van der Waals surface area contributed by atoms with E-state index in [4.69, 9.17) is 0 Å². The third-order valence-electron chi connectivity index (χ3n) is 7.33. The van der Waals surface area contributed by atoms with Crippen molar-refractivity contribution in [3.63, 3.8) is 0 Å². The summed E-state index contributed by atoms with van der Waals surface area (Å²) in [6.45, 7) is 5.64. The van der Waals surface area contributed by atoms with Crippen LogP contribution in [0.2, 0.25) is 0 Å². The van der Waals surface area contributed by atoms with Gasteiger partial charge in [0.1, 0.15) is 23.9 Å². The molecule has 4 rings (SSSR count). The second-order valence-corrected chi connectivity index (χ2v) is 10.4. The number of carbonyl (C=O) groups excluding carboxylic acids is 3. The number of para-hydroxylation sites is 1. The van der Waals surface area contributed by atoms with E-state index >= 15 is 0 Å². The Morgan fingerprint density at radius 3 is 2.32 bits per heavy atom. The standard InChI is InChI=1S/C28H33FN4O5/c1-18(2)24(30-25(36)20-13-19(3)14-21(29)15-20)26(37)31-11-9-28(10-12-31)27(38)32(16-23(34)35)17-33(28)22-7-5-4-6-8-22/h4-8,13-15,18,24H,9-12,16-17H2,1-3H3,(H,30,36)(H,34,35). The third-order valence-corrected chi connectivity index (χ3v) is 7.33. The van der Waals surface area contributed by atoms with Crippen LogP contribution in [0.25, 0.3) is 0 Å². The molecule has 0 aromatic heterocycles. The van der Waals surface area contributed by atoms with Gasteiger partial charge in [-0.1, -0.05) is 32.0 Å². The average Bonchev–Trinajstić information content (AvgIpc) is 3.12. The van der Waals surface area contributed by atoms with Gasteiger partial charge in [-0.2, -0.15) is 0 Å². The second-order valence-electron chi connectivity index (χ2n) is 10.4. The molecule has 38 heavy (non-hydrogen) atoms. The lowest BCUT2D eigenvalue weighted by Crippen LogP contribution is -2.60. The molecule has 10 heteroatoms. The number of benzene rings is 2. The first-order valence-electron chi connectivity index (χ1n) is 12.7. The van der Waals surface area contributed by atoms with Gasteiger partial charge in [0.25, 0.3) is 11.8 Å². The Bertz CT molecular complexity index is 1210. The Morgan fingerprint density at radius 1 is 1.08 bits per heavy atom. The number of halogens is 1. The highest BCUT2D eigenvalue weighted by Gasteiger charge is 2.54. The van der Waals surface area contributed by atoms with E-state index in [1.807, 2.05) is 49.1 Å². The van der Waals surface area contributed by atoms with Gasteiger partial charge >= 0.3 is 5.97 Å². The fourth-order valence-electron chi connectivity index (χ4n) is 5.38. The summed E-state index contributed by atoms with van der Waals surface area (Å²) in [4.78, 5) is 56.2. The molecule has 1 atom stereocenters. The number of aryl methyl sites for hydroxylation is 1. The number of hydrogen-bond acceptors (Lipinski definition) is 5. The lowest BCUT2D eigenvalue weighted by molar-refractivity contribution is -0.145. The smallest absolute Gasteiger partial charge is 0.323 e. The van der Waals surface area contributed by atoms with Crippen LogP contribution in [0.5, 0.6) is 0 Å². The van der Waals surface area contributed by atoms with E-state index < -0.39 is 35.8 Å². The van der Waals surface area contributed by atoms with Crippen LogP contribution in [0.15, 0.2) is 48.5 Å². The molecule has 1 unspecified atom stereocenters. The highest BCUT2D eigenvalue weighted by molar-refractivity contribution is 5.98. The summed E-state index contributed by atoms with van der Waals surface area (Å²) in [7, 11) is 0. The molecule has 3 amide bonds. The van der Waals surface area contributed by atoms with Crippen molar-refractivity contribution >= 4 is 29.4 Å². The molecule has 9 nitrogen and oxygen atoms in total. The number of carboxylic acids is 1. The number of amides is 3. The molecule has 2 saturated heterocycles. The molecular weight excluding hydrogens is 491 g/mol. The van der Waals surface area contributed by atoms with Crippen LogP contribution in [-0.4, -0.2) is 76.5 Å². The number of piperidine rings is 1. The Kier molecular flexibility index (Phi) is 7.71. The molecule has 1 spiro atoms. The van der Waals surface area contributed by atoms with Crippen LogP contribution in [0.1, 0.15) is 42.6 Å². The first kappa shape index (κ1) is 27.1. The van der Waals surface area contributed by atoms with E-state index in [1.165, 1.54) is 11.0 Å². The Balaban J connectivity index is 1.51. The first-order valence-corrected chi connectivity index (χ1v) is 12.7. The molecule has 0 saturated carbocycles. The van der Waals surface area contributed by atoms with Gasteiger partial charge in [-0.15, -0.1) is 0 Å². The average molecular weight is 525 g/mol. The summed E-state index contributed by atoms with van der Waals surface area (Å²) in [6.07, 6.45) is 0.648. The quantitative estimate of drug-likeness (QED) is 0.576. The van der Waals surface area contributed by atoms with E-state index in [0.717, 1.165) is 11.8 Å². The van der Waals surface area contributed by atoms with Gasteiger partial charge in [0, 0.05) is 24.3 Å². The topological polar surface area (TPSA) is 110 Å². The van der Waals surface area contributed by atoms with E-state index in [2.05, 4.69) is 5.32 Å². The molecule has 2 fully saturated rings. The number of carbonyl (C=O) groups is 4. The van der Waals surface area contributed by atoms with Crippen LogP contribution in [0.4, 0.5) is 10.1 Å². The molecule has 0 radical (unpaired) electrons. The normalized spacial score (nSPS) is 17.7. The first-order chi connectivity index (χ1) is 18.0. The summed E-state index contributed by atoms with van der Waals surface area (Å²) >= 11 is 0. The minimum Gasteiger partial charge on any atom is -0.480 e. The van der Waals surface area contributed by atoms with Crippen molar-refractivity contribution in [3.8, 4) is 0 Å². The lowest BCUT2D eigenvalue weighted by Gasteiger charge is -2.44. The fourth-order valence-corrected chi connectivity index (χ4v) is 5.38. The molecule has 2 aromatic rings. The SMILES string of the molecule is Cc1cc(F)cc(C(=O)NC(C(=O)N2CCC3(CC2)C(=O)N(CC(=O)O)CN3c2ccccc2)C(C)C)c1. The number of rotatable bonds is 7. The predicted molar refractivity (Wildman–Crippen MR) is 139 cm³/mol. The summed E-state index contributed by atoms with van der Waals surface area (Å²) in [6, 6.07) is 12.6. The van der Waals surface area contributed by atoms with Gasteiger partial charge < -0.3 is 25.1 Å². The molecule has 2 heterocycles. The zero-order valence-corrected chi connectivity index (χ0v) is 21.8. The fraction of sp³-hybridized carbons (Fsp3) is 0.429. The molecular formula is C28H33FN4O5. The molecule has 2 N–H and O–H groups in total. The van der Waals surface area contributed by atoms with E-state index in [-0.39, 0.29) is 43.1 Å². The van der Waals surface area contributed by atoms with Gasteiger partial charge in [-0.3, -0.25) is 19.2 Å². The van der Waals surface area contributed by atoms with Crippen molar-refractivity contribution in [1.82, 2.24) is 15.1 Å². The molecule has 202 valence electrons. The zero-order valence-electron chi connectivity index (χ0n) is 21.8. The van der Waals surface area contributed by atoms with Crippen molar-refractivity contribution in [2.75, 3.05) is 31.2 Å². The zero-order chi connectivity index (χ0) is 27.6. The van der Waals surface area contributed by atoms with Crippen molar-refractivity contribution in [1.29, 1.82) is 0 Å². The van der Waals surface area contributed by atoms with Gasteiger partial charge in [0.15, 0.2) is 0 Å². The van der Waals surface area contributed by atoms with Crippen molar-refractivity contribution in [2.24, 2.45) is 5.92 Å². The van der Waals surface area contributed by atoms with Crippen LogP contribution < -0.4 is 10.2 Å². The summed E-state index contributed by atoms with van der Waals surface area (Å²) < 4.78 is 13.8. The monoisotopic (exact) mass is 524 g/mol. The second kappa shape index (κ2) is 10.8. The Hall–Kier alpha value is -3.95. The maximum Gasteiger partial charge on any atom is 0.323 e.